The predicted molar refractivity (Wildman–Crippen MR) is 89.0 cm³/mol. The van der Waals surface area contributed by atoms with E-state index < -0.39 is 0 Å². The number of carbonyl (C=O) groups excluding carboxylic acids is 2. The second-order valence-corrected chi connectivity index (χ2v) is 5.95. The van der Waals surface area contributed by atoms with Crippen LogP contribution >= 0.6 is 0 Å². The molecule has 2 fully saturated rings. The molecule has 2 aliphatic rings. The Bertz CT molecular complexity index is 589. The van der Waals surface area contributed by atoms with Crippen LogP contribution < -0.4 is 10.2 Å². The quantitative estimate of drug-likeness (QED) is 0.847. The molecule has 0 spiro atoms. The molecular formula is C18H22N2O3. The van der Waals surface area contributed by atoms with E-state index in [2.05, 4.69) is 5.32 Å². The van der Waals surface area contributed by atoms with Crippen molar-refractivity contribution in [3.05, 3.63) is 35.9 Å². The molecule has 1 aromatic rings. The zero-order valence-electron chi connectivity index (χ0n) is 13.2. The van der Waals surface area contributed by atoms with Gasteiger partial charge in [-0.2, -0.15) is 0 Å². The molecule has 1 N–H and O–H groups in total. The first-order chi connectivity index (χ1) is 11.2. The first kappa shape index (κ1) is 15.7. The van der Waals surface area contributed by atoms with Crippen LogP contribution in [0.2, 0.25) is 0 Å². The maximum absolute atomic E-state index is 11.8. The van der Waals surface area contributed by atoms with Crippen LogP contribution in [-0.2, 0) is 14.3 Å². The third kappa shape index (κ3) is 4.20. The maximum atomic E-state index is 11.8. The maximum Gasteiger partial charge on any atom is 0.244 e. The highest BCUT2D eigenvalue weighted by atomic mass is 16.5. The van der Waals surface area contributed by atoms with Crippen molar-refractivity contribution >= 4 is 23.6 Å². The summed E-state index contributed by atoms with van der Waals surface area (Å²) in [5.41, 5.74) is 1.86. The van der Waals surface area contributed by atoms with E-state index in [1.54, 1.807) is 6.08 Å². The summed E-state index contributed by atoms with van der Waals surface area (Å²) in [5, 5.41) is 2.85. The Kier molecular flexibility index (Phi) is 5.08. The molecule has 0 saturated carbocycles. The molecule has 122 valence electrons. The first-order valence-electron chi connectivity index (χ1n) is 8.20. The predicted octanol–water partition coefficient (Wildman–Crippen LogP) is 2.12. The summed E-state index contributed by atoms with van der Waals surface area (Å²) < 4.78 is 5.47. The van der Waals surface area contributed by atoms with Crippen molar-refractivity contribution in [1.82, 2.24) is 5.32 Å². The standard InChI is InChI=1S/C18H22N2O3/c21-17(19-13-16-3-2-12-23-16)10-7-14-5-8-15(9-6-14)20-11-1-4-18(20)22/h5-10,16H,1-4,11-13H2,(H,19,21). The zero-order valence-corrected chi connectivity index (χ0v) is 13.2. The van der Waals surface area contributed by atoms with Crippen LogP contribution in [0.3, 0.4) is 0 Å². The second-order valence-electron chi connectivity index (χ2n) is 5.95. The molecule has 3 rings (SSSR count). The number of amides is 2. The molecule has 1 aromatic carbocycles. The number of nitrogens with one attached hydrogen (secondary N) is 1. The molecule has 1 atom stereocenters. The van der Waals surface area contributed by atoms with Gasteiger partial charge in [-0.1, -0.05) is 12.1 Å². The summed E-state index contributed by atoms with van der Waals surface area (Å²) in [6.45, 7) is 2.15. The van der Waals surface area contributed by atoms with E-state index in [9.17, 15) is 9.59 Å². The lowest BCUT2D eigenvalue weighted by atomic mass is 10.2. The molecule has 2 heterocycles. The van der Waals surface area contributed by atoms with Crippen molar-refractivity contribution in [2.75, 3.05) is 24.6 Å². The zero-order chi connectivity index (χ0) is 16.1. The normalized spacial score (nSPS) is 21.3. The Balaban J connectivity index is 1.50. The van der Waals surface area contributed by atoms with E-state index in [4.69, 9.17) is 4.74 Å². The van der Waals surface area contributed by atoms with Gasteiger partial charge in [0.2, 0.25) is 11.8 Å². The lowest BCUT2D eigenvalue weighted by Crippen LogP contribution is -2.30. The molecule has 1 unspecified atom stereocenters. The lowest BCUT2D eigenvalue weighted by Gasteiger charge is -2.15. The number of hydrogen-bond acceptors (Lipinski definition) is 3. The summed E-state index contributed by atoms with van der Waals surface area (Å²) in [4.78, 5) is 25.3. The minimum Gasteiger partial charge on any atom is -0.376 e. The van der Waals surface area contributed by atoms with E-state index in [0.717, 1.165) is 43.7 Å². The van der Waals surface area contributed by atoms with E-state index in [0.29, 0.717) is 13.0 Å². The third-order valence-corrected chi connectivity index (χ3v) is 4.23. The van der Waals surface area contributed by atoms with Crippen LogP contribution in [0.15, 0.2) is 30.3 Å². The van der Waals surface area contributed by atoms with Gasteiger partial charge >= 0.3 is 0 Å². The number of hydrogen-bond donors (Lipinski definition) is 1. The molecule has 0 radical (unpaired) electrons. The van der Waals surface area contributed by atoms with E-state index in [-0.39, 0.29) is 17.9 Å². The minimum atomic E-state index is -0.112. The summed E-state index contributed by atoms with van der Waals surface area (Å²) in [7, 11) is 0. The highest BCUT2D eigenvalue weighted by Gasteiger charge is 2.21. The first-order valence-corrected chi connectivity index (χ1v) is 8.20. The second kappa shape index (κ2) is 7.42. The number of anilines is 1. The molecular weight excluding hydrogens is 292 g/mol. The summed E-state index contributed by atoms with van der Waals surface area (Å²) in [5.74, 6) is 0.0705. The summed E-state index contributed by atoms with van der Waals surface area (Å²) in [6.07, 6.45) is 7.11. The average molecular weight is 314 g/mol. The van der Waals surface area contributed by atoms with Gasteiger partial charge in [0, 0.05) is 37.9 Å². The Morgan fingerprint density at radius 3 is 2.78 bits per heavy atom. The van der Waals surface area contributed by atoms with Gasteiger partial charge in [-0.15, -0.1) is 0 Å². The van der Waals surface area contributed by atoms with Gasteiger partial charge in [-0.25, -0.2) is 0 Å². The van der Waals surface area contributed by atoms with Gasteiger partial charge in [0.15, 0.2) is 0 Å². The van der Waals surface area contributed by atoms with Gasteiger partial charge in [0.1, 0.15) is 0 Å². The van der Waals surface area contributed by atoms with E-state index in [1.807, 2.05) is 29.2 Å². The SMILES string of the molecule is O=C(C=Cc1ccc(N2CCCC2=O)cc1)NCC1CCCO1. The summed E-state index contributed by atoms with van der Waals surface area (Å²) >= 11 is 0. The highest BCUT2D eigenvalue weighted by Crippen LogP contribution is 2.21. The van der Waals surface area contributed by atoms with Gasteiger partial charge in [0.25, 0.3) is 0 Å². The third-order valence-electron chi connectivity index (χ3n) is 4.23. The molecule has 5 heteroatoms. The van der Waals surface area contributed by atoms with Crippen molar-refractivity contribution in [3.63, 3.8) is 0 Å². The molecule has 0 bridgehead atoms. The molecule has 2 amide bonds. The lowest BCUT2D eigenvalue weighted by molar-refractivity contribution is -0.117. The number of rotatable bonds is 5. The van der Waals surface area contributed by atoms with Crippen molar-refractivity contribution in [2.45, 2.75) is 31.8 Å². The van der Waals surface area contributed by atoms with Crippen LogP contribution in [0.5, 0.6) is 0 Å². The molecule has 5 nitrogen and oxygen atoms in total. The van der Waals surface area contributed by atoms with Crippen LogP contribution in [0.4, 0.5) is 5.69 Å². The molecule has 23 heavy (non-hydrogen) atoms. The number of benzene rings is 1. The average Bonchev–Trinajstić information content (AvgIpc) is 3.23. The Hall–Kier alpha value is -2.14. The topological polar surface area (TPSA) is 58.6 Å². The number of carbonyl (C=O) groups is 2. The summed E-state index contributed by atoms with van der Waals surface area (Å²) in [6, 6.07) is 7.69. The molecule has 2 saturated heterocycles. The van der Waals surface area contributed by atoms with Gasteiger partial charge in [0.05, 0.1) is 6.10 Å². The van der Waals surface area contributed by atoms with Gasteiger partial charge in [-0.3, -0.25) is 9.59 Å². The highest BCUT2D eigenvalue weighted by molar-refractivity contribution is 5.95. The Labute approximate surface area is 136 Å². The van der Waals surface area contributed by atoms with Crippen molar-refractivity contribution in [1.29, 1.82) is 0 Å². The van der Waals surface area contributed by atoms with E-state index >= 15 is 0 Å². The van der Waals surface area contributed by atoms with Crippen LogP contribution in [-0.4, -0.2) is 37.6 Å². The molecule has 2 aliphatic heterocycles. The monoisotopic (exact) mass is 314 g/mol. The fourth-order valence-corrected chi connectivity index (χ4v) is 2.94. The van der Waals surface area contributed by atoms with Crippen LogP contribution in [0, 0.1) is 0 Å². The van der Waals surface area contributed by atoms with E-state index in [1.165, 1.54) is 6.08 Å². The molecule has 0 aromatic heterocycles. The van der Waals surface area contributed by atoms with Crippen molar-refractivity contribution < 1.29 is 14.3 Å². The van der Waals surface area contributed by atoms with Crippen LogP contribution in [0.25, 0.3) is 6.08 Å². The smallest absolute Gasteiger partial charge is 0.244 e. The van der Waals surface area contributed by atoms with Crippen molar-refractivity contribution in [3.8, 4) is 0 Å². The fourth-order valence-electron chi connectivity index (χ4n) is 2.94. The number of ether oxygens (including phenoxy) is 1. The number of nitrogens with zero attached hydrogens (tertiary/aromatic N) is 1. The van der Waals surface area contributed by atoms with Gasteiger partial charge in [-0.05, 0) is 43.0 Å². The largest absolute Gasteiger partial charge is 0.376 e. The van der Waals surface area contributed by atoms with Crippen LogP contribution in [0.1, 0.15) is 31.2 Å². The minimum absolute atomic E-state index is 0.112. The fraction of sp³-hybridized carbons (Fsp3) is 0.444. The molecule has 0 aliphatic carbocycles. The van der Waals surface area contributed by atoms with Gasteiger partial charge < -0.3 is 15.0 Å². The van der Waals surface area contributed by atoms with Crippen molar-refractivity contribution in [2.24, 2.45) is 0 Å². The Morgan fingerprint density at radius 1 is 1.30 bits per heavy atom. The Morgan fingerprint density at radius 2 is 2.13 bits per heavy atom.